The van der Waals surface area contributed by atoms with E-state index >= 15 is 0 Å². The van der Waals surface area contributed by atoms with Crippen LogP contribution in [0, 0.1) is 5.82 Å². The number of methoxy groups -OCH3 is 2. The van der Waals surface area contributed by atoms with Crippen molar-refractivity contribution in [2.24, 2.45) is 4.40 Å². The van der Waals surface area contributed by atoms with Crippen LogP contribution in [0.4, 0.5) is 4.39 Å². The van der Waals surface area contributed by atoms with Crippen molar-refractivity contribution in [1.82, 2.24) is 4.90 Å². The van der Waals surface area contributed by atoms with Gasteiger partial charge in [0.1, 0.15) is 17.3 Å². The first-order valence-electron chi connectivity index (χ1n) is 8.94. The molecule has 1 amide bonds. The fraction of sp³-hybridized carbons (Fsp3) is 0.143. The van der Waals surface area contributed by atoms with Gasteiger partial charge in [-0.2, -0.15) is 8.42 Å². The molecule has 7 nitrogen and oxygen atoms in total. The predicted octanol–water partition coefficient (Wildman–Crippen LogP) is 3.69. The second-order valence-corrected chi connectivity index (χ2v) is 8.84. The Morgan fingerprint density at radius 2 is 1.87 bits per heavy atom. The summed E-state index contributed by atoms with van der Waals surface area (Å²) in [5.74, 6) is 0.0879. The summed E-state index contributed by atoms with van der Waals surface area (Å²) in [4.78, 5) is 14.2. The maximum absolute atomic E-state index is 13.1. The topological polar surface area (TPSA) is 85.3 Å². The summed E-state index contributed by atoms with van der Waals surface area (Å²) in [5, 5.41) is -0.0204. The average molecular weight is 463 g/mol. The van der Waals surface area contributed by atoms with Crippen LogP contribution in [0.3, 0.4) is 0 Å². The smallest absolute Gasteiger partial charge is 0.284 e. The number of hydrogen-bond acceptors (Lipinski definition) is 6. The Morgan fingerprint density at radius 3 is 2.48 bits per heavy atom. The zero-order chi connectivity index (χ0) is 22.6. The third-order valence-electron chi connectivity index (χ3n) is 4.24. The van der Waals surface area contributed by atoms with E-state index < -0.39 is 21.7 Å². The van der Waals surface area contributed by atoms with Gasteiger partial charge in [0.05, 0.1) is 24.0 Å². The van der Waals surface area contributed by atoms with Crippen LogP contribution in [0.5, 0.6) is 11.5 Å². The summed E-state index contributed by atoms with van der Waals surface area (Å²) in [7, 11) is -1.13. The van der Waals surface area contributed by atoms with E-state index in [1.165, 1.54) is 25.2 Å². The summed E-state index contributed by atoms with van der Waals surface area (Å²) in [6.45, 7) is 3.68. The molecular weight excluding hydrogens is 443 g/mol. The number of rotatable bonds is 7. The third-order valence-corrected chi connectivity index (χ3v) is 6.64. The quantitative estimate of drug-likeness (QED) is 0.461. The van der Waals surface area contributed by atoms with Crippen LogP contribution in [0.15, 0.2) is 69.3 Å². The van der Waals surface area contributed by atoms with E-state index in [0.717, 1.165) is 36.0 Å². The lowest BCUT2D eigenvalue weighted by molar-refractivity contribution is -0.121. The third kappa shape index (κ3) is 4.97. The normalized spacial score (nSPS) is 16.7. The molecule has 0 spiro atoms. The van der Waals surface area contributed by atoms with Gasteiger partial charge in [-0.05, 0) is 54.2 Å². The van der Waals surface area contributed by atoms with Gasteiger partial charge in [0.25, 0.3) is 15.9 Å². The van der Waals surface area contributed by atoms with Crippen molar-refractivity contribution < 1.29 is 27.1 Å². The van der Waals surface area contributed by atoms with Crippen molar-refractivity contribution in [3.63, 3.8) is 0 Å². The van der Waals surface area contributed by atoms with E-state index in [1.807, 2.05) is 0 Å². The van der Waals surface area contributed by atoms with Crippen molar-refractivity contribution in [3.8, 4) is 11.5 Å². The highest BCUT2D eigenvalue weighted by atomic mass is 32.2. The minimum absolute atomic E-state index is 0.0204. The molecule has 0 aliphatic carbocycles. The highest BCUT2D eigenvalue weighted by molar-refractivity contribution is 8.19. The Bertz CT molecular complexity index is 1170. The lowest BCUT2D eigenvalue weighted by Gasteiger charge is -2.12. The molecule has 2 aromatic rings. The average Bonchev–Trinajstić information content (AvgIpc) is 3.03. The predicted molar refractivity (Wildman–Crippen MR) is 118 cm³/mol. The van der Waals surface area contributed by atoms with Crippen LogP contribution in [0.2, 0.25) is 0 Å². The number of amides is 1. The van der Waals surface area contributed by atoms with E-state index in [1.54, 1.807) is 24.3 Å². The largest absolute Gasteiger partial charge is 0.497 e. The number of amidine groups is 1. The Morgan fingerprint density at radius 1 is 1.16 bits per heavy atom. The molecule has 31 heavy (non-hydrogen) atoms. The molecule has 0 N–H and O–H groups in total. The SMILES string of the molecule is C=CCN1C(=O)/C(=C/c2ccc(OC)cc2OC)S/C1=N/S(=O)(=O)c1ccc(F)cc1. The van der Waals surface area contributed by atoms with Crippen LogP contribution in [-0.4, -0.2) is 45.2 Å². The number of halogens is 1. The molecule has 0 unspecified atom stereocenters. The second kappa shape index (κ2) is 9.36. The van der Waals surface area contributed by atoms with Crippen LogP contribution in [-0.2, 0) is 14.8 Å². The first kappa shape index (κ1) is 22.6. The molecule has 0 radical (unpaired) electrons. The van der Waals surface area contributed by atoms with E-state index in [0.29, 0.717) is 17.1 Å². The number of hydrogen-bond donors (Lipinski definition) is 0. The molecule has 1 aliphatic rings. The zero-order valence-electron chi connectivity index (χ0n) is 16.7. The summed E-state index contributed by atoms with van der Waals surface area (Å²) < 4.78 is 52.8. The molecule has 1 fully saturated rings. The number of nitrogens with zero attached hydrogens (tertiary/aromatic N) is 2. The van der Waals surface area contributed by atoms with E-state index in [4.69, 9.17) is 9.47 Å². The number of carbonyl (C=O) groups is 1. The van der Waals surface area contributed by atoms with Gasteiger partial charge >= 0.3 is 0 Å². The first-order chi connectivity index (χ1) is 14.8. The van der Waals surface area contributed by atoms with Gasteiger partial charge in [0, 0.05) is 18.2 Å². The molecule has 0 aromatic heterocycles. The Hall–Kier alpha value is -3.11. The van der Waals surface area contributed by atoms with Gasteiger partial charge in [-0.15, -0.1) is 11.0 Å². The first-order valence-corrected chi connectivity index (χ1v) is 11.2. The van der Waals surface area contributed by atoms with Gasteiger partial charge in [-0.3, -0.25) is 9.69 Å². The summed E-state index contributed by atoms with van der Waals surface area (Å²) in [6, 6.07) is 9.41. The number of carbonyl (C=O) groups excluding carboxylic acids is 1. The van der Waals surface area contributed by atoms with Crippen molar-refractivity contribution >= 4 is 38.9 Å². The lowest BCUT2D eigenvalue weighted by Crippen LogP contribution is -2.29. The Labute approximate surface area is 183 Å². The molecule has 1 aliphatic heterocycles. The number of ether oxygens (including phenoxy) is 2. The van der Waals surface area contributed by atoms with Crippen molar-refractivity contribution in [3.05, 3.63) is 71.4 Å². The monoisotopic (exact) mass is 462 g/mol. The second-order valence-electron chi connectivity index (χ2n) is 6.23. The van der Waals surface area contributed by atoms with Gasteiger partial charge in [0.15, 0.2) is 5.17 Å². The van der Waals surface area contributed by atoms with E-state index in [9.17, 15) is 17.6 Å². The summed E-state index contributed by atoms with van der Waals surface area (Å²) in [6.07, 6.45) is 3.06. The van der Waals surface area contributed by atoms with Crippen molar-refractivity contribution in [2.45, 2.75) is 4.90 Å². The Balaban J connectivity index is 2.01. The van der Waals surface area contributed by atoms with Crippen LogP contribution >= 0.6 is 11.8 Å². The van der Waals surface area contributed by atoms with Gasteiger partial charge < -0.3 is 9.47 Å². The minimum atomic E-state index is -4.15. The van der Waals surface area contributed by atoms with Gasteiger partial charge in [0.2, 0.25) is 0 Å². The van der Waals surface area contributed by atoms with Gasteiger partial charge in [-0.1, -0.05) is 6.08 Å². The molecule has 10 heteroatoms. The Kier molecular flexibility index (Phi) is 6.81. The molecule has 1 heterocycles. The molecule has 1 saturated heterocycles. The molecule has 0 atom stereocenters. The van der Waals surface area contributed by atoms with Crippen LogP contribution in [0.25, 0.3) is 6.08 Å². The van der Waals surface area contributed by atoms with Gasteiger partial charge in [-0.25, -0.2) is 4.39 Å². The lowest BCUT2D eigenvalue weighted by atomic mass is 10.1. The number of thioether (sulfide) groups is 1. The number of sulfonamides is 1. The summed E-state index contributed by atoms with van der Waals surface area (Å²) >= 11 is 0.915. The van der Waals surface area contributed by atoms with E-state index in [-0.39, 0.29) is 21.5 Å². The zero-order valence-corrected chi connectivity index (χ0v) is 18.4. The van der Waals surface area contributed by atoms with E-state index in [2.05, 4.69) is 11.0 Å². The van der Waals surface area contributed by atoms with Crippen LogP contribution < -0.4 is 9.47 Å². The molecule has 0 bridgehead atoms. The molecular formula is C21H19FN2O5S2. The summed E-state index contributed by atoms with van der Waals surface area (Å²) in [5.41, 5.74) is 0.611. The standard InChI is InChI=1S/C21H19FN2O5S2/c1-4-11-24-20(25)19(12-14-5-8-16(28-2)13-18(14)29-3)30-21(24)23-31(26,27)17-9-6-15(22)7-10-17/h4-10,12-13H,1,11H2,2-3H3/b19-12-,23-21+. The minimum Gasteiger partial charge on any atom is -0.497 e. The highest BCUT2D eigenvalue weighted by Gasteiger charge is 2.34. The maximum atomic E-state index is 13.1. The molecule has 3 rings (SSSR count). The van der Waals surface area contributed by atoms with Crippen molar-refractivity contribution in [1.29, 1.82) is 0 Å². The molecule has 162 valence electrons. The fourth-order valence-electron chi connectivity index (χ4n) is 2.71. The molecule has 2 aromatic carbocycles. The highest BCUT2D eigenvalue weighted by Crippen LogP contribution is 2.36. The van der Waals surface area contributed by atoms with Crippen molar-refractivity contribution in [2.75, 3.05) is 20.8 Å². The fourth-order valence-corrected chi connectivity index (χ4v) is 4.89. The molecule has 0 saturated carbocycles. The maximum Gasteiger partial charge on any atom is 0.284 e. The number of benzene rings is 2. The van der Waals surface area contributed by atoms with Crippen LogP contribution in [0.1, 0.15) is 5.56 Å².